The minimum absolute atomic E-state index is 0.124. The second-order valence-corrected chi connectivity index (χ2v) is 6.64. The van der Waals surface area contributed by atoms with Gasteiger partial charge in [0.05, 0.1) is 5.39 Å². The summed E-state index contributed by atoms with van der Waals surface area (Å²) < 4.78 is 40.0. The second kappa shape index (κ2) is 7.70. The standard InChI is InChI=1S/C18H14ClF3N4O3/c1-25-15-12(5-6-13(24-15)18(20,21)22)16(28)26(17(25)29)9-14(27)23-8-10-3-2-4-11(19)7-10/h2-7H,8-9H2,1H3,(H,23,27). The van der Waals surface area contributed by atoms with Gasteiger partial charge >= 0.3 is 11.9 Å². The monoisotopic (exact) mass is 426 g/mol. The van der Waals surface area contributed by atoms with Crippen LogP contribution in [0.1, 0.15) is 11.3 Å². The van der Waals surface area contributed by atoms with Crippen LogP contribution >= 0.6 is 11.6 Å². The Balaban J connectivity index is 1.90. The van der Waals surface area contributed by atoms with Crippen LogP contribution in [0.4, 0.5) is 13.2 Å². The van der Waals surface area contributed by atoms with E-state index >= 15 is 0 Å². The minimum Gasteiger partial charge on any atom is -0.350 e. The van der Waals surface area contributed by atoms with Crippen LogP contribution in [0.5, 0.6) is 0 Å². The number of hydrogen-bond donors (Lipinski definition) is 1. The third-order valence-corrected chi connectivity index (χ3v) is 4.39. The summed E-state index contributed by atoms with van der Waals surface area (Å²) in [5.41, 5.74) is -2.77. The number of alkyl halides is 3. The van der Waals surface area contributed by atoms with Crippen molar-refractivity contribution in [2.24, 2.45) is 7.05 Å². The molecule has 0 aliphatic carbocycles. The van der Waals surface area contributed by atoms with Crippen LogP contribution in [-0.4, -0.2) is 20.0 Å². The largest absolute Gasteiger partial charge is 0.433 e. The van der Waals surface area contributed by atoms with Crippen molar-refractivity contribution in [3.05, 3.63) is 73.5 Å². The van der Waals surface area contributed by atoms with Crippen LogP contribution in [0, 0.1) is 0 Å². The summed E-state index contributed by atoms with van der Waals surface area (Å²) in [6, 6.07) is 8.34. The molecule has 0 fully saturated rings. The summed E-state index contributed by atoms with van der Waals surface area (Å²) in [6.07, 6.45) is -4.72. The number of aryl methyl sites for hydroxylation is 1. The van der Waals surface area contributed by atoms with Gasteiger partial charge in [0, 0.05) is 18.6 Å². The highest BCUT2D eigenvalue weighted by Gasteiger charge is 2.33. The molecule has 3 rings (SSSR count). The number of nitrogens with zero attached hydrogens (tertiary/aromatic N) is 3. The van der Waals surface area contributed by atoms with Crippen molar-refractivity contribution in [1.29, 1.82) is 0 Å². The molecule has 11 heteroatoms. The Kier molecular flexibility index (Phi) is 5.47. The third-order valence-electron chi connectivity index (χ3n) is 4.16. The molecule has 2 aromatic heterocycles. The number of pyridine rings is 1. The molecule has 1 N–H and O–H groups in total. The topological polar surface area (TPSA) is 86.0 Å². The quantitative estimate of drug-likeness (QED) is 0.692. The molecule has 0 bridgehead atoms. The molecule has 0 saturated carbocycles. The molecule has 0 aliphatic heterocycles. The number of fused-ring (bicyclic) bond motifs is 1. The molecular weight excluding hydrogens is 413 g/mol. The van der Waals surface area contributed by atoms with Crippen LogP contribution in [0.25, 0.3) is 11.0 Å². The normalized spacial score (nSPS) is 11.6. The molecule has 0 aliphatic rings. The summed E-state index contributed by atoms with van der Waals surface area (Å²) in [7, 11) is 1.18. The van der Waals surface area contributed by atoms with Gasteiger partial charge < -0.3 is 5.32 Å². The lowest BCUT2D eigenvalue weighted by Crippen LogP contribution is -2.43. The van der Waals surface area contributed by atoms with E-state index in [1.165, 1.54) is 7.05 Å². The highest BCUT2D eigenvalue weighted by molar-refractivity contribution is 6.30. The summed E-state index contributed by atoms with van der Waals surface area (Å²) in [4.78, 5) is 40.5. The predicted molar refractivity (Wildman–Crippen MR) is 99.5 cm³/mol. The smallest absolute Gasteiger partial charge is 0.350 e. The van der Waals surface area contributed by atoms with Crippen LogP contribution in [0.15, 0.2) is 46.0 Å². The Labute approximate surface area is 166 Å². The number of aromatic nitrogens is 3. The van der Waals surface area contributed by atoms with Crippen LogP contribution in [0.2, 0.25) is 5.02 Å². The van der Waals surface area contributed by atoms with Gasteiger partial charge in [0.2, 0.25) is 5.91 Å². The zero-order valence-corrected chi connectivity index (χ0v) is 15.7. The number of amides is 1. The lowest BCUT2D eigenvalue weighted by Gasteiger charge is -2.12. The summed E-state index contributed by atoms with van der Waals surface area (Å²) >= 11 is 5.87. The first kappa shape index (κ1) is 20.6. The summed E-state index contributed by atoms with van der Waals surface area (Å²) in [5.74, 6) is -0.622. The number of rotatable bonds is 4. The molecule has 1 amide bonds. The van der Waals surface area contributed by atoms with Crippen LogP contribution < -0.4 is 16.6 Å². The summed E-state index contributed by atoms with van der Waals surface area (Å²) in [6.45, 7) is -0.471. The molecule has 2 heterocycles. The molecule has 29 heavy (non-hydrogen) atoms. The van der Waals surface area contributed by atoms with Gasteiger partial charge in [-0.15, -0.1) is 0 Å². The van der Waals surface area contributed by atoms with Crippen molar-refractivity contribution >= 4 is 28.5 Å². The molecule has 0 spiro atoms. The van der Waals surface area contributed by atoms with Crippen molar-refractivity contribution in [2.45, 2.75) is 19.3 Å². The summed E-state index contributed by atoms with van der Waals surface area (Å²) in [5, 5.41) is 2.84. The third kappa shape index (κ3) is 4.32. The Hall–Kier alpha value is -3.14. The van der Waals surface area contributed by atoms with Crippen LogP contribution in [-0.2, 0) is 31.1 Å². The maximum Gasteiger partial charge on any atom is 0.433 e. The number of carbonyl (C=O) groups excluding carboxylic acids is 1. The molecule has 0 saturated heterocycles. The fourth-order valence-corrected chi connectivity index (χ4v) is 2.93. The first-order valence-corrected chi connectivity index (χ1v) is 8.64. The van der Waals surface area contributed by atoms with E-state index in [4.69, 9.17) is 11.6 Å². The van der Waals surface area contributed by atoms with E-state index in [9.17, 15) is 27.6 Å². The zero-order valence-electron chi connectivity index (χ0n) is 15.0. The van der Waals surface area contributed by atoms with Crippen molar-refractivity contribution in [1.82, 2.24) is 19.4 Å². The zero-order chi connectivity index (χ0) is 21.3. The minimum atomic E-state index is -4.72. The molecule has 0 atom stereocenters. The van der Waals surface area contributed by atoms with E-state index in [0.29, 0.717) is 21.2 Å². The maximum atomic E-state index is 12.9. The van der Waals surface area contributed by atoms with E-state index in [1.807, 2.05) is 0 Å². The van der Waals surface area contributed by atoms with Gasteiger partial charge in [-0.2, -0.15) is 13.2 Å². The predicted octanol–water partition coefficient (Wildman–Crippen LogP) is 2.08. The van der Waals surface area contributed by atoms with Crippen molar-refractivity contribution < 1.29 is 18.0 Å². The average molecular weight is 427 g/mol. The van der Waals surface area contributed by atoms with E-state index in [2.05, 4.69) is 10.3 Å². The van der Waals surface area contributed by atoms with Gasteiger partial charge in [0.15, 0.2) is 0 Å². The highest BCUT2D eigenvalue weighted by Crippen LogP contribution is 2.28. The van der Waals surface area contributed by atoms with E-state index in [1.54, 1.807) is 24.3 Å². The number of hydrogen-bond acceptors (Lipinski definition) is 4. The van der Waals surface area contributed by atoms with Gasteiger partial charge in [-0.3, -0.25) is 18.7 Å². The van der Waals surface area contributed by atoms with Gasteiger partial charge in [0.1, 0.15) is 17.9 Å². The Morgan fingerprint density at radius 3 is 2.59 bits per heavy atom. The van der Waals surface area contributed by atoms with E-state index in [-0.39, 0.29) is 11.9 Å². The van der Waals surface area contributed by atoms with E-state index < -0.39 is 41.2 Å². The first-order valence-electron chi connectivity index (χ1n) is 8.27. The molecule has 3 aromatic rings. The van der Waals surface area contributed by atoms with E-state index in [0.717, 1.165) is 10.6 Å². The molecule has 1 aromatic carbocycles. The number of halogens is 4. The molecule has 0 unspecified atom stereocenters. The van der Waals surface area contributed by atoms with Gasteiger partial charge in [-0.25, -0.2) is 9.78 Å². The number of nitrogens with one attached hydrogen (secondary N) is 1. The average Bonchev–Trinajstić information content (AvgIpc) is 2.67. The first-order chi connectivity index (χ1) is 13.6. The number of carbonyl (C=O) groups is 1. The molecule has 0 radical (unpaired) electrons. The number of benzene rings is 1. The lowest BCUT2D eigenvalue weighted by molar-refractivity contribution is -0.141. The molecule has 152 valence electrons. The highest BCUT2D eigenvalue weighted by atomic mass is 35.5. The van der Waals surface area contributed by atoms with Gasteiger partial charge in [-0.05, 0) is 29.8 Å². The van der Waals surface area contributed by atoms with Crippen molar-refractivity contribution in [3.8, 4) is 0 Å². The fourth-order valence-electron chi connectivity index (χ4n) is 2.72. The van der Waals surface area contributed by atoms with Crippen molar-refractivity contribution in [3.63, 3.8) is 0 Å². The SMILES string of the molecule is Cn1c(=O)n(CC(=O)NCc2cccc(Cl)c2)c(=O)c2ccc(C(F)(F)F)nc21. The lowest BCUT2D eigenvalue weighted by atomic mass is 10.2. The van der Waals surface area contributed by atoms with Crippen LogP contribution in [0.3, 0.4) is 0 Å². The van der Waals surface area contributed by atoms with Crippen molar-refractivity contribution in [2.75, 3.05) is 0 Å². The Bertz CT molecular complexity index is 1220. The maximum absolute atomic E-state index is 12.9. The Morgan fingerprint density at radius 2 is 1.93 bits per heavy atom. The van der Waals surface area contributed by atoms with Gasteiger partial charge in [0.25, 0.3) is 5.56 Å². The Morgan fingerprint density at radius 1 is 1.21 bits per heavy atom. The molecular formula is C18H14ClF3N4O3. The van der Waals surface area contributed by atoms with Gasteiger partial charge in [-0.1, -0.05) is 23.7 Å². The second-order valence-electron chi connectivity index (χ2n) is 6.20. The fraction of sp³-hybridized carbons (Fsp3) is 0.222. The molecule has 7 nitrogen and oxygen atoms in total.